The van der Waals surface area contributed by atoms with Crippen molar-refractivity contribution in [1.29, 1.82) is 0 Å². The molecule has 0 unspecified atom stereocenters. The minimum Gasteiger partial charge on any atom is -0.495 e. The maximum Gasteiger partial charge on any atom is 0.225 e. The van der Waals surface area contributed by atoms with Crippen molar-refractivity contribution in [3.63, 3.8) is 0 Å². The van der Waals surface area contributed by atoms with Crippen LogP contribution in [-0.4, -0.2) is 17.1 Å². The third kappa shape index (κ3) is 4.39. The van der Waals surface area contributed by atoms with Crippen molar-refractivity contribution in [2.75, 3.05) is 17.7 Å². The number of methoxy groups -OCH3 is 1. The van der Waals surface area contributed by atoms with E-state index in [9.17, 15) is 0 Å². The van der Waals surface area contributed by atoms with E-state index in [1.165, 1.54) is 0 Å². The molecule has 0 amide bonds. The highest BCUT2D eigenvalue weighted by Crippen LogP contribution is 2.26. The van der Waals surface area contributed by atoms with Gasteiger partial charge < -0.3 is 15.4 Å². The van der Waals surface area contributed by atoms with Crippen LogP contribution in [0, 0.1) is 6.92 Å². The topological polar surface area (TPSA) is 59.1 Å². The Bertz CT molecular complexity index is 870. The summed E-state index contributed by atoms with van der Waals surface area (Å²) in [6.45, 7) is 2.48. The van der Waals surface area contributed by atoms with Gasteiger partial charge in [0.15, 0.2) is 0 Å². The molecule has 2 N–H and O–H groups in total. The number of ether oxygens (including phenoxy) is 1. The first-order chi connectivity index (χ1) is 12.2. The summed E-state index contributed by atoms with van der Waals surface area (Å²) >= 11 is 6.19. The quantitative estimate of drug-likeness (QED) is 0.665. The van der Waals surface area contributed by atoms with Crippen molar-refractivity contribution < 1.29 is 4.74 Å². The molecule has 0 aliphatic heterocycles. The standard InChI is InChI=1S/C19H19ClN4O/c1-13-11-18(23-16-9-5-6-10-17(16)25-2)24-19(22-13)21-12-14-7-3-4-8-15(14)20/h3-11H,12H2,1-2H3,(H2,21,22,23,24). The number of para-hydroxylation sites is 2. The molecular weight excluding hydrogens is 336 g/mol. The number of nitrogens with zero attached hydrogens (tertiary/aromatic N) is 2. The summed E-state index contributed by atoms with van der Waals surface area (Å²) in [7, 11) is 1.64. The van der Waals surface area contributed by atoms with Crippen LogP contribution in [0.1, 0.15) is 11.3 Å². The van der Waals surface area contributed by atoms with Gasteiger partial charge in [-0.05, 0) is 30.7 Å². The van der Waals surface area contributed by atoms with Gasteiger partial charge >= 0.3 is 0 Å². The average Bonchev–Trinajstić information content (AvgIpc) is 2.61. The van der Waals surface area contributed by atoms with Gasteiger partial charge in [-0.1, -0.05) is 41.9 Å². The van der Waals surface area contributed by atoms with Gasteiger partial charge in [0.1, 0.15) is 11.6 Å². The Balaban J connectivity index is 1.77. The van der Waals surface area contributed by atoms with Gasteiger partial charge in [0.25, 0.3) is 0 Å². The molecule has 0 aliphatic carbocycles. The van der Waals surface area contributed by atoms with Crippen LogP contribution in [0.2, 0.25) is 5.02 Å². The van der Waals surface area contributed by atoms with Gasteiger partial charge in [-0.3, -0.25) is 0 Å². The highest BCUT2D eigenvalue weighted by atomic mass is 35.5. The predicted octanol–water partition coefficient (Wildman–Crippen LogP) is 4.80. The van der Waals surface area contributed by atoms with E-state index in [2.05, 4.69) is 20.6 Å². The molecule has 0 saturated heterocycles. The number of anilines is 3. The summed E-state index contributed by atoms with van der Waals surface area (Å²) < 4.78 is 5.36. The van der Waals surface area contributed by atoms with E-state index in [-0.39, 0.29) is 0 Å². The lowest BCUT2D eigenvalue weighted by atomic mass is 10.2. The van der Waals surface area contributed by atoms with Gasteiger partial charge in [-0.2, -0.15) is 4.98 Å². The number of rotatable bonds is 6. The molecule has 0 radical (unpaired) electrons. The van der Waals surface area contributed by atoms with Gasteiger partial charge in [0.2, 0.25) is 5.95 Å². The van der Waals surface area contributed by atoms with Gasteiger partial charge in [-0.15, -0.1) is 0 Å². The minimum absolute atomic E-state index is 0.539. The van der Waals surface area contributed by atoms with Crippen molar-refractivity contribution in [3.8, 4) is 5.75 Å². The Morgan fingerprint density at radius 2 is 1.80 bits per heavy atom. The lowest BCUT2D eigenvalue weighted by Crippen LogP contribution is -2.07. The third-order valence-corrected chi connectivity index (χ3v) is 3.99. The molecule has 3 aromatic rings. The lowest BCUT2D eigenvalue weighted by molar-refractivity contribution is 0.417. The van der Waals surface area contributed by atoms with Gasteiger partial charge in [-0.25, -0.2) is 4.98 Å². The van der Waals surface area contributed by atoms with Crippen molar-refractivity contribution in [2.45, 2.75) is 13.5 Å². The van der Waals surface area contributed by atoms with E-state index < -0.39 is 0 Å². The molecule has 0 bridgehead atoms. The third-order valence-electron chi connectivity index (χ3n) is 3.62. The highest BCUT2D eigenvalue weighted by molar-refractivity contribution is 6.31. The number of aromatic nitrogens is 2. The molecule has 1 aromatic heterocycles. The molecule has 0 atom stereocenters. The molecule has 0 aliphatic rings. The Hall–Kier alpha value is -2.79. The van der Waals surface area contributed by atoms with Gasteiger partial charge in [0.05, 0.1) is 12.8 Å². The number of halogens is 1. The zero-order valence-corrected chi connectivity index (χ0v) is 14.8. The number of hydrogen-bond acceptors (Lipinski definition) is 5. The van der Waals surface area contributed by atoms with Crippen molar-refractivity contribution in [2.24, 2.45) is 0 Å². The van der Waals surface area contributed by atoms with E-state index in [1.54, 1.807) is 7.11 Å². The molecule has 3 rings (SSSR count). The van der Waals surface area contributed by atoms with Crippen molar-refractivity contribution in [3.05, 3.63) is 70.9 Å². The lowest BCUT2D eigenvalue weighted by Gasteiger charge is -2.12. The molecule has 25 heavy (non-hydrogen) atoms. The van der Waals surface area contributed by atoms with Crippen LogP contribution < -0.4 is 15.4 Å². The van der Waals surface area contributed by atoms with Crippen LogP contribution >= 0.6 is 11.6 Å². The summed E-state index contributed by atoms with van der Waals surface area (Å²) in [5, 5.41) is 7.21. The van der Waals surface area contributed by atoms with E-state index in [1.807, 2.05) is 61.5 Å². The molecule has 5 nitrogen and oxygen atoms in total. The van der Waals surface area contributed by atoms with Crippen LogP contribution in [0.5, 0.6) is 5.75 Å². The summed E-state index contributed by atoms with van der Waals surface area (Å²) in [6, 6.07) is 17.3. The highest BCUT2D eigenvalue weighted by Gasteiger charge is 2.07. The van der Waals surface area contributed by atoms with Crippen LogP contribution in [0.3, 0.4) is 0 Å². The molecule has 1 heterocycles. The van der Waals surface area contributed by atoms with Crippen LogP contribution in [0.4, 0.5) is 17.5 Å². The zero-order chi connectivity index (χ0) is 17.6. The zero-order valence-electron chi connectivity index (χ0n) is 14.1. The van der Waals surface area contributed by atoms with Crippen LogP contribution in [0.25, 0.3) is 0 Å². The minimum atomic E-state index is 0.539. The second kappa shape index (κ2) is 7.85. The molecular formula is C19H19ClN4O. The fourth-order valence-corrected chi connectivity index (χ4v) is 2.62. The smallest absolute Gasteiger partial charge is 0.225 e. The molecule has 2 aromatic carbocycles. The number of hydrogen-bond donors (Lipinski definition) is 2. The normalized spacial score (nSPS) is 10.4. The van der Waals surface area contributed by atoms with E-state index in [0.29, 0.717) is 18.3 Å². The van der Waals surface area contributed by atoms with Crippen molar-refractivity contribution in [1.82, 2.24) is 9.97 Å². The first kappa shape index (κ1) is 17.0. The summed E-state index contributed by atoms with van der Waals surface area (Å²) in [5.41, 5.74) is 2.70. The first-order valence-electron chi connectivity index (χ1n) is 7.88. The molecule has 0 fully saturated rings. The fourth-order valence-electron chi connectivity index (χ4n) is 2.41. The Labute approximate surface area is 152 Å². The monoisotopic (exact) mass is 354 g/mol. The Morgan fingerprint density at radius 1 is 1.04 bits per heavy atom. The predicted molar refractivity (Wildman–Crippen MR) is 102 cm³/mol. The molecule has 6 heteroatoms. The molecule has 0 saturated carbocycles. The first-order valence-corrected chi connectivity index (χ1v) is 8.26. The SMILES string of the molecule is COc1ccccc1Nc1cc(C)nc(NCc2ccccc2Cl)n1. The van der Waals surface area contributed by atoms with E-state index in [0.717, 1.165) is 27.7 Å². The summed E-state index contributed by atoms with van der Waals surface area (Å²) in [6.07, 6.45) is 0. The van der Waals surface area contributed by atoms with Crippen molar-refractivity contribution >= 4 is 29.1 Å². The largest absolute Gasteiger partial charge is 0.495 e. The Kier molecular flexibility index (Phi) is 5.36. The van der Waals surface area contributed by atoms with E-state index in [4.69, 9.17) is 16.3 Å². The second-order valence-electron chi connectivity index (χ2n) is 5.49. The number of aryl methyl sites for hydroxylation is 1. The second-order valence-corrected chi connectivity index (χ2v) is 5.90. The summed E-state index contributed by atoms with van der Waals surface area (Å²) in [4.78, 5) is 8.94. The van der Waals surface area contributed by atoms with Crippen LogP contribution in [0.15, 0.2) is 54.6 Å². The van der Waals surface area contributed by atoms with E-state index >= 15 is 0 Å². The molecule has 0 spiro atoms. The number of nitrogens with one attached hydrogen (secondary N) is 2. The Morgan fingerprint density at radius 3 is 2.60 bits per heavy atom. The maximum absolute atomic E-state index is 6.19. The van der Waals surface area contributed by atoms with Crippen LogP contribution in [-0.2, 0) is 6.54 Å². The number of benzene rings is 2. The maximum atomic E-state index is 6.19. The van der Waals surface area contributed by atoms with Gasteiger partial charge in [0, 0.05) is 23.3 Å². The molecule has 128 valence electrons. The average molecular weight is 355 g/mol. The fraction of sp³-hybridized carbons (Fsp3) is 0.158. The summed E-state index contributed by atoms with van der Waals surface area (Å²) in [5.74, 6) is 1.99.